The highest BCUT2D eigenvalue weighted by Gasteiger charge is 2.38. The molecule has 2 aliphatic heterocycles. The Morgan fingerprint density at radius 3 is 2.57 bits per heavy atom. The quantitative estimate of drug-likeness (QED) is 0.508. The highest BCUT2D eigenvalue weighted by Crippen LogP contribution is 2.41. The number of para-hydroxylation sites is 1. The van der Waals surface area contributed by atoms with Gasteiger partial charge in [-0.15, -0.1) is 0 Å². The zero-order valence-corrected chi connectivity index (χ0v) is 16.8. The molecule has 5 rings (SSSR count). The van der Waals surface area contributed by atoms with Gasteiger partial charge in [0.05, 0.1) is 21.3 Å². The summed E-state index contributed by atoms with van der Waals surface area (Å²) >= 11 is 12.1. The van der Waals surface area contributed by atoms with Gasteiger partial charge in [-0.05, 0) is 48.5 Å². The van der Waals surface area contributed by atoms with Crippen LogP contribution in [0.1, 0.15) is 32.5 Å². The maximum absolute atomic E-state index is 13.5. The molecule has 0 saturated carbocycles. The molecule has 2 aliphatic rings. The molecular formula is C22H13Cl2NO5. The number of hydrogen-bond acceptors (Lipinski definition) is 5. The number of halogens is 2. The number of amides is 1. The Labute approximate surface area is 181 Å². The third-order valence-electron chi connectivity index (χ3n) is 4.90. The molecule has 1 amide bonds. The Balaban J connectivity index is 1.64. The molecular weight excluding hydrogens is 429 g/mol. The smallest absolute Gasteiger partial charge is 0.342 e. The van der Waals surface area contributed by atoms with Crippen molar-refractivity contribution in [3.8, 4) is 11.5 Å². The molecule has 8 heteroatoms. The fraction of sp³-hybridized carbons (Fsp3) is 0.0909. The minimum absolute atomic E-state index is 0.109. The second-order valence-electron chi connectivity index (χ2n) is 6.69. The van der Waals surface area contributed by atoms with Gasteiger partial charge in [0.1, 0.15) is 0 Å². The van der Waals surface area contributed by atoms with Crippen molar-refractivity contribution in [2.45, 2.75) is 6.23 Å². The molecule has 3 aromatic rings. The summed E-state index contributed by atoms with van der Waals surface area (Å²) in [7, 11) is 0. The average Bonchev–Trinajstić information content (AvgIpc) is 3.23. The molecule has 0 aromatic heterocycles. The van der Waals surface area contributed by atoms with Gasteiger partial charge >= 0.3 is 5.97 Å². The van der Waals surface area contributed by atoms with Crippen LogP contribution >= 0.6 is 23.2 Å². The number of hydrogen-bond donors (Lipinski definition) is 0. The van der Waals surface area contributed by atoms with Crippen LogP contribution < -0.4 is 14.4 Å². The van der Waals surface area contributed by atoms with Crippen LogP contribution in [0.4, 0.5) is 5.69 Å². The first-order valence-corrected chi connectivity index (χ1v) is 9.77. The van der Waals surface area contributed by atoms with Gasteiger partial charge in [0, 0.05) is 11.1 Å². The van der Waals surface area contributed by atoms with Crippen molar-refractivity contribution >= 4 is 40.8 Å². The minimum Gasteiger partial charge on any atom is -0.454 e. The highest BCUT2D eigenvalue weighted by molar-refractivity contribution is 6.42. The fourth-order valence-electron chi connectivity index (χ4n) is 3.47. The molecule has 0 N–H and O–H groups in total. The second kappa shape index (κ2) is 7.23. The molecule has 30 heavy (non-hydrogen) atoms. The number of rotatable bonds is 2. The Morgan fingerprint density at radius 2 is 1.73 bits per heavy atom. The summed E-state index contributed by atoms with van der Waals surface area (Å²) in [6.07, 6.45) is -0.996. The zero-order valence-electron chi connectivity index (χ0n) is 15.3. The standard InChI is InChI=1S/C22H13Cl2NO5/c23-15-7-5-12(9-16(15)24)20(26)25-17-4-2-1-3-14(17)22(27)30-21(25)13-6-8-18-19(10-13)29-11-28-18/h1-10,21H,11H2/t21-/m0/s1. The van der Waals surface area contributed by atoms with Crippen molar-refractivity contribution in [1.82, 2.24) is 0 Å². The molecule has 0 bridgehead atoms. The Kier molecular flexibility index (Phi) is 4.53. The normalized spacial score (nSPS) is 16.8. The van der Waals surface area contributed by atoms with Crippen molar-refractivity contribution in [1.29, 1.82) is 0 Å². The van der Waals surface area contributed by atoms with Crippen LogP contribution in [0.3, 0.4) is 0 Å². The van der Waals surface area contributed by atoms with Gasteiger partial charge in [-0.3, -0.25) is 9.69 Å². The molecule has 0 saturated heterocycles. The Hall–Kier alpha value is -3.22. The summed E-state index contributed by atoms with van der Waals surface area (Å²) in [5, 5.41) is 0.593. The molecule has 6 nitrogen and oxygen atoms in total. The molecule has 150 valence electrons. The lowest BCUT2D eigenvalue weighted by Crippen LogP contribution is -2.41. The van der Waals surface area contributed by atoms with Gasteiger partial charge in [0.15, 0.2) is 11.5 Å². The minimum atomic E-state index is -0.996. The Morgan fingerprint density at radius 1 is 0.933 bits per heavy atom. The number of ether oxygens (including phenoxy) is 3. The van der Waals surface area contributed by atoms with E-state index in [4.69, 9.17) is 37.4 Å². The van der Waals surface area contributed by atoms with Crippen molar-refractivity contribution in [2.75, 3.05) is 11.7 Å². The van der Waals surface area contributed by atoms with Crippen LogP contribution in [-0.2, 0) is 4.74 Å². The number of anilines is 1. The summed E-state index contributed by atoms with van der Waals surface area (Å²) in [5.74, 6) is 0.190. The highest BCUT2D eigenvalue weighted by atomic mass is 35.5. The van der Waals surface area contributed by atoms with Gasteiger partial charge in [0.25, 0.3) is 5.91 Å². The third-order valence-corrected chi connectivity index (χ3v) is 5.64. The van der Waals surface area contributed by atoms with E-state index in [0.29, 0.717) is 38.9 Å². The van der Waals surface area contributed by atoms with Gasteiger partial charge < -0.3 is 14.2 Å². The first-order valence-electron chi connectivity index (χ1n) is 9.01. The van der Waals surface area contributed by atoms with Crippen molar-refractivity contribution in [3.63, 3.8) is 0 Å². The lowest BCUT2D eigenvalue weighted by molar-refractivity contribution is 0.0248. The van der Waals surface area contributed by atoms with Crippen LogP contribution in [0.15, 0.2) is 60.7 Å². The maximum Gasteiger partial charge on any atom is 0.342 e. The zero-order chi connectivity index (χ0) is 20.8. The van der Waals surface area contributed by atoms with Crippen molar-refractivity contribution in [2.24, 2.45) is 0 Å². The van der Waals surface area contributed by atoms with Crippen LogP contribution in [-0.4, -0.2) is 18.7 Å². The van der Waals surface area contributed by atoms with E-state index < -0.39 is 18.1 Å². The van der Waals surface area contributed by atoms with Crippen LogP contribution in [0, 0.1) is 0 Å². The van der Waals surface area contributed by atoms with Crippen molar-refractivity contribution in [3.05, 3.63) is 87.4 Å². The molecule has 0 aliphatic carbocycles. The SMILES string of the molecule is O=C1O[C@@H](c2ccc3c(c2)OCO3)N(C(=O)c2ccc(Cl)c(Cl)c2)c2ccccc21. The summed E-state index contributed by atoms with van der Waals surface area (Å²) in [6, 6.07) is 16.5. The maximum atomic E-state index is 13.5. The Bertz CT molecular complexity index is 1200. The summed E-state index contributed by atoms with van der Waals surface area (Å²) in [6.45, 7) is 0.109. The average molecular weight is 442 g/mol. The van der Waals surface area contributed by atoms with E-state index in [2.05, 4.69) is 0 Å². The van der Waals surface area contributed by atoms with Crippen LogP contribution in [0.2, 0.25) is 10.0 Å². The molecule has 0 radical (unpaired) electrons. The van der Waals surface area contributed by atoms with Crippen LogP contribution in [0.25, 0.3) is 0 Å². The lowest BCUT2D eigenvalue weighted by atomic mass is 10.0. The monoisotopic (exact) mass is 441 g/mol. The molecule has 3 aromatic carbocycles. The van der Waals surface area contributed by atoms with E-state index in [0.717, 1.165) is 0 Å². The van der Waals surface area contributed by atoms with Crippen molar-refractivity contribution < 1.29 is 23.8 Å². The topological polar surface area (TPSA) is 65.1 Å². The van der Waals surface area contributed by atoms with Gasteiger partial charge in [0.2, 0.25) is 13.0 Å². The number of fused-ring (bicyclic) bond motifs is 2. The number of benzene rings is 3. The summed E-state index contributed by atoms with van der Waals surface area (Å²) in [5.41, 5.74) is 1.61. The first kappa shape index (κ1) is 18.8. The molecule has 0 spiro atoms. The predicted molar refractivity (Wildman–Crippen MR) is 110 cm³/mol. The summed E-state index contributed by atoms with van der Waals surface area (Å²) < 4.78 is 16.5. The van der Waals surface area contributed by atoms with E-state index in [1.807, 2.05) is 0 Å². The van der Waals surface area contributed by atoms with Gasteiger partial charge in [-0.2, -0.15) is 0 Å². The first-order chi connectivity index (χ1) is 14.5. The second-order valence-corrected chi connectivity index (χ2v) is 7.51. The fourth-order valence-corrected chi connectivity index (χ4v) is 3.77. The molecule has 0 fully saturated rings. The summed E-state index contributed by atoms with van der Waals surface area (Å²) in [4.78, 5) is 27.6. The van der Waals surface area contributed by atoms with Crippen LogP contribution in [0.5, 0.6) is 11.5 Å². The predicted octanol–water partition coefficient (Wildman–Crippen LogP) is 5.24. The van der Waals surface area contributed by atoms with E-state index in [1.54, 1.807) is 54.6 Å². The number of nitrogens with zero attached hydrogens (tertiary/aromatic N) is 1. The molecule has 2 heterocycles. The largest absolute Gasteiger partial charge is 0.454 e. The number of carbonyl (C=O) groups is 2. The number of cyclic esters (lactones) is 1. The van der Waals surface area contributed by atoms with E-state index in [9.17, 15) is 9.59 Å². The number of carbonyl (C=O) groups excluding carboxylic acids is 2. The van der Waals surface area contributed by atoms with Gasteiger partial charge in [-0.25, -0.2) is 4.79 Å². The van der Waals surface area contributed by atoms with E-state index >= 15 is 0 Å². The van der Waals surface area contributed by atoms with E-state index in [1.165, 1.54) is 11.0 Å². The third kappa shape index (κ3) is 3.05. The molecule has 0 unspecified atom stereocenters. The molecule has 1 atom stereocenters. The van der Waals surface area contributed by atoms with Gasteiger partial charge in [-0.1, -0.05) is 35.3 Å². The van der Waals surface area contributed by atoms with E-state index in [-0.39, 0.29) is 11.8 Å². The lowest BCUT2D eigenvalue weighted by Gasteiger charge is -2.36. The number of esters is 1.